The Balaban J connectivity index is 2.29. The highest BCUT2D eigenvalue weighted by Gasteiger charge is 2.05. The van der Waals surface area contributed by atoms with Gasteiger partial charge in [0.2, 0.25) is 0 Å². The Bertz CT molecular complexity index is 321. The second kappa shape index (κ2) is 7.44. The third kappa shape index (κ3) is 4.79. The van der Waals surface area contributed by atoms with Crippen LogP contribution in [0.1, 0.15) is 25.0 Å². The number of allylic oxidation sites excluding steroid dienone is 1. The van der Waals surface area contributed by atoms with Crippen molar-refractivity contribution in [3.8, 4) is 0 Å². The van der Waals surface area contributed by atoms with Gasteiger partial charge < -0.3 is 10.4 Å². The Labute approximate surface area is 102 Å². The molecule has 0 amide bonds. The minimum atomic E-state index is -0.470. The minimum Gasteiger partial charge on any atom is -0.387 e. The van der Waals surface area contributed by atoms with E-state index in [0.717, 1.165) is 18.5 Å². The molecule has 1 aromatic carbocycles. The zero-order valence-corrected chi connectivity index (χ0v) is 10.2. The molecule has 0 saturated heterocycles. The van der Waals surface area contributed by atoms with E-state index in [9.17, 15) is 5.11 Å². The van der Waals surface area contributed by atoms with E-state index in [0.29, 0.717) is 11.6 Å². The van der Waals surface area contributed by atoms with E-state index in [4.69, 9.17) is 11.6 Å². The third-order valence-electron chi connectivity index (χ3n) is 2.32. The lowest BCUT2D eigenvalue weighted by Gasteiger charge is -2.11. The van der Waals surface area contributed by atoms with E-state index >= 15 is 0 Å². The third-order valence-corrected chi connectivity index (χ3v) is 2.57. The van der Waals surface area contributed by atoms with Crippen molar-refractivity contribution in [3.05, 3.63) is 47.0 Å². The maximum Gasteiger partial charge on any atom is 0.0914 e. The van der Waals surface area contributed by atoms with Gasteiger partial charge in [0.05, 0.1) is 6.10 Å². The molecule has 2 N–H and O–H groups in total. The van der Waals surface area contributed by atoms with E-state index in [1.165, 1.54) is 0 Å². The molecule has 0 aromatic heterocycles. The summed E-state index contributed by atoms with van der Waals surface area (Å²) in [5.41, 5.74) is 0.892. The van der Waals surface area contributed by atoms with Crippen LogP contribution in [0.2, 0.25) is 5.02 Å². The number of benzene rings is 1. The summed E-state index contributed by atoms with van der Waals surface area (Å²) < 4.78 is 0. The summed E-state index contributed by atoms with van der Waals surface area (Å²) in [4.78, 5) is 0. The van der Waals surface area contributed by atoms with Crippen molar-refractivity contribution in [2.75, 3.05) is 13.1 Å². The molecule has 0 saturated carbocycles. The molecular formula is C13H18ClNO. The highest BCUT2D eigenvalue weighted by Crippen LogP contribution is 2.15. The van der Waals surface area contributed by atoms with Crippen LogP contribution in [0.3, 0.4) is 0 Å². The van der Waals surface area contributed by atoms with Crippen LogP contribution in [0.4, 0.5) is 0 Å². The van der Waals surface area contributed by atoms with Crippen molar-refractivity contribution in [1.29, 1.82) is 0 Å². The first-order valence-corrected chi connectivity index (χ1v) is 5.87. The molecule has 0 fully saturated rings. The largest absolute Gasteiger partial charge is 0.387 e. The van der Waals surface area contributed by atoms with Crippen LogP contribution in [-0.4, -0.2) is 18.2 Å². The smallest absolute Gasteiger partial charge is 0.0914 e. The molecule has 0 spiro atoms. The molecule has 1 atom stereocenters. The first-order valence-electron chi connectivity index (χ1n) is 5.49. The summed E-state index contributed by atoms with van der Waals surface area (Å²) in [5, 5.41) is 13.7. The Morgan fingerprint density at radius 2 is 2.06 bits per heavy atom. The number of nitrogens with one attached hydrogen (secondary N) is 1. The Morgan fingerprint density at radius 3 is 2.69 bits per heavy atom. The maximum atomic E-state index is 9.84. The summed E-state index contributed by atoms with van der Waals surface area (Å²) in [6, 6.07) is 7.28. The number of hydrogen-bond donors (Lipinski definition) is 2. The van der Waals surface area contributed by atoms with E-state index in [1.54, 1.807) is 12.1 Å². The van der Waals surface area contributed by atoms with Crippen LogP contribution in [0.5, 0.6) is 0 Å². The highest BCUT2D eigenvalue weighted by molar-refractivity contribution is 6.30. The summed E-state index contributed by atoms with van der Waals surface area (Å²) in [5.74, 6) is 0. The predicted molar refractivity (Wildman–Crippen MR) is 68.7 cm³/mol. The van der Waals surface area contributed by atoms with Gasteiger partial charge in [0.1, 0.15) is 0 Å². The first kappa shape index (κ1) is 13.2. The number of rotatable bonds is 6. The summed E-state index contributed by atoms with van der Waals surface area (Å²) in [6.45, 7) is 3.46. The summed E-state index contributed by atoms with van der Waals surface area (Å²) in [6.07, 6.45) is 4.64. The molecule has 3 heteroatoms. The summed E-state index contributed by atoms with van der Waals surface area (Å²) in [7, 11) is 0. The van der Waals surface area contributed by atoms with Crippen molar-refractivity contribution in [3.63, 3.8) is 0 Å². The zero-order valence-electron chi connectivity index (χ0n) is 9.49. The average molecular weight is 240 g/mol. The molecule has 0 aliphatic carbocycles. The highest BCUT2D eigenvalue weighted by atomic mass is 35.5. The molecule has 1 unspecified atom stereocenters. The molecule has 88 valence electrons. The fourth-order valence-corrected chi connectivity index (χ4v) is 1.52. The number of aliphatic hydroxyl groups excluding tert-OH is 1. The van der Waals surface area contributed by atoms with Crippen LogP contribution in [0.15, 0.2) is 36.4 Å². The van der Waals surface area contributed by atoms with Crippen molar-refractivity contribution in [2.45, 2.75) is 19.4 Å². The van der Waals surface area contributed by atoms with Crippen LogP contribution in [-0.2, 0) is 0 Å². The van der Waals surface area contributed by atoms with E-state index in [1.807, 2.05) is 25.1 Å². The fourth-order valence-electron chi connectivity index (χ4n) is 1.39. The number of aliphatic hydroxyl groups is 1. The van der Waals surface area contributed by atoms with Gasteiger partial charge in [-0.25, -0.2) is 0 Å². The van der Waals surface area contributed by atoms with Gasteiger partial charge in [0, 0.05) is 11.6 Å². The second-order valence-electron chi connectivity index (χ2n) is 3.63. The van der Waals surface area contributed by atoms with Crippen LogP contribution < -0.4 is 5.32 Å². The van der Waals surface area contributed by atoms with E-state index in [2.05, 4.69) is 11.4 Å². The average Bonchev–Trinajstić information content (AvgIpc) is 2.29. The Morgan fingerprint density at radius 1 is 1.38 bits per heavy atom. The molecule has 0 aliphatic heterocycles. The van der Waals surface area contributed by atoms with Gasteiger partial charge in [-0.2, -0.15) is 0 Å². The standard InChI is InChI=1S/C13H18ClNO/c1-2-3-4-9-15-10-13(16)11-5-7-12(14)8-6-11/h2-3,5-8,13,15-16H,4,9-10H2,1H3/b3-2+. The number of halogens is 1. The van der Waals surface area contributed by atoms with Crippen molar-refractivity contribution < 1.29 is 5.11 Å². The van der Waals surface area contributed by atoms with Gasteiger partial charge in [-0.15, -0.1) is 0 Å². The molecule has 0 bridgehead atoms. The van der Waals surface area contributed by atoms with Gasteiger partial charge >= 0.3 is 0 Å². The van der Waals surface area contributed by atoms with Crippen molar-refractivity contribution >= 4 is 11.6 Å². The molecule has 0 radical (unpaired) electrons. The van der Waals surface area contributed by atoms with Crippen LogP contribution >= 0.6 is 11.6 Å². The summed E-state index contributed by atoms with van der Waals surface area (Å²) >= 11 is 5.77. The normalized spacial score (nSPS) is 13.2. The van der Waals surface area contributed by atoms with Crippen molar-refractivity contribution in [2.24, 2.45) is 0 Å². The quantitative estimate of drug-likeness (QED) is 0.591. The molecule has 0 aliphatic rings. The zero-order chi connectivity index (χ0) is 11.8. The fraction of sp³-hybridized carbons (Fsp3) is 0.385. The van der Waals surface area contributed by atoms with Crippen LogP contribution in [0, 0.1) is 0 Å². The van der Waals surface area contributed by atoms with E-state index < -0.39 is 6.10 Å². The molecule has 16 heavy (non-hydrogen) atoms. The van der Waals surface area contributed by atoms with Gasteiger partial charge in [0.25, 0.3) is 0 Å². The lowest BCUT2D eigenvalue weighted by Crippen LogP contribution is -2.22. The van der Waals surface area contributed by atoms with Gasteiger partial charge in [0.15, 0.2) is 0 Å². The molecule has 1 rings (SSSR count). The van der Waals surface area contributed by atoms with Gasteiger partial charge in [-0.3, -0.25) is 0 Å². The van der Waals surface area contributed by atoms with E-state index in [-0.39, 0.29) is 0 Å². The van der Waals surface area contributed by atoms with Gasteiger partial charge in [-0.1, -0.05) is 35.9 Å². The molecule has 1 aromatic rings. The SMILES string of the molecule is C/C=C/CCNCC(O)c1ccc(Cl)cc1. The second-order valence-corrected chi connectivity index (χ2v) is 4.07. The minimum absolute atomic E-state index is 0.470. The van der Waals surface area contributed by atoms with Crippen LogP contribution in [0.25, 0.3) is 0 Å². The topological polar surface area (TPSA) is 32.3 Å². The number of hydrogen-bond acceptors (Lipinski definition) is 2. The predicted octanol–water partition coefficient (Wildman–Crippen LogP) is 2.93. The first-order chi connectivity index (χ1) is 7.74. The lowest BCUT2D eigenvalue weighted by molar-refractivity contribution is 0.175. The maximum absolute atomic E-state index is 9.84. The molecule has 0 heterocycles. The molecular weight excluding hydrogens is 222 g/mol. The molecule has 2 nitrogen and oxygen atoms in total. The Kier molecular flexibility index (Phi) is 6.16. The van der Waals surface area contributed by atoms with Crippen molar-refractivity contribution in [1.82, 2.24) is 5.32 Å². The monoisotopic (exact) mass is 239 g/mol. The Hall–Kier alpha value is -0.830. The lowest BCUT2D eigenvalue weighted by atomic mass is 10.1. The van der Waals surface area contributed by atoms with Gasteiger partial charge in [-0.05, 0) is 37.6 Å².